The highest BCUT2D eigenvalue weighted by molar-refractivity contribution is 5.81. The van der Waals surface area contributed by atoms with E-state index in [9.17, 15) is 9.18 Å². The number of benzene rings is 1. The molecule has 22 heavy (non-hydrogen) atoms. The third-order valence-corrected chi connectivity index (χ3v) is 4.13. The summed E-state index contributed by atoms with van der Waals surface area (Å²) in [6.45, 7) is 0. The predicted molar refractivity (Wildman–Crippen MR) is 80.7 cm³/mol. The van der Waals surface area contributed by atoms with Crippen molar-refractivity contribution in [3.05, 3.63) is 48.5 Å². The number of nitrogens with zero attached hydrogens (tertiary/aromatic N) is 3. The lowest BCUT2D eigenvalue weighted by molar-refractivity contribution is -0.111. The van der Waals surface area contributed by atoms with Crippen LogP contribution in [-0.4, -0.2) is 21.1 Å². The van der Waals surface area contributed by atoms with Crippen molar-refractivity contribution >= 4 is 17.3 Å². The molecule has 0 aliphatic heterocycles. The Morgan fingerprint density at radius 1 is 1.23 bits per heavy atom. The molecule has 4 rings (SSSR count). The van der Waals surface area contributed by atoms with Crippen molar-refractivity contribution in [2.75, 3.05) is 0 Å². The highest BCUT2D eigenvalue weighted by Crippen LogP contribution is 2.39. The Morgan fingerprint density at radius 3 is 2.82 bits per heavy atom. The molecule has 0 bridgehead atoms. The van der Waals surface area contributed by atoms with Gasteiger partial charge in [0.05, 0.1) is 11.7 Å². The van der Waals surface area contributed by atoms with Crippen LogP contribution >= 0.6 is 0 Å². The number of halogens is 1. The standard InChI is InChI=1S/C17H14FN3O/c18-14-3-1-2-12(6-14)13-7-16-15(19-8-13)9-20-21(16)17(10-22)11-4-5-11/h1-3,6-11,17H,4-5H2/t17-/m1/s1. The molecule has 0 spiro atoms. The minimum absolute atomic E-state index is 0.234. The number of hydrogen-bond donors (Lipinski definition) is 0. The Labute approximate surface area is 126 Å². The second-order valence-electron chi connectivity index (χ2n) is 5.69. The number of carbonyl (C=O) groups is 1. The van der Waals surface area contributed by atoms with E-state index in [1.165, 1.54) is 12.1 Å². The summed E-state index contributed by atoms with van der Waals surface area (Å²) in [4.78, 5) is 15.8. The van der Waals surface area contributed by atoms with E-state index in [1.807, 2.05) is 12.1 Å². The monoisotopic (exact) mass is 295 g/mol. The molecule has 1 saturated carbocycles. The Hall–Kier alpha value is -2.56. The molecule has 2 heterocycles. The summed E-state index contributed by atoms with van der Waals surface area (Å²) < 4.78 is 15.1. The Bertz CT molecular complexity index is 854. The highest BCUT2D eigenvalue weighted by atomic mass is 19.1. The van der Waals surface area contributed by atoms with Gasteiger partial charge < -0.3 is 4.79 Å². The van der Waals surface area contributed by atoms with E-state index in [1.54, 1.807) is 23.1 Å². The molecule has 1 aliphatic carbocycles. The molecule has 4 nitrogen and oxygen atoms in total. The van der Waals surface area contributed by atoms with Crippen molar-refractivity contribution in [3.8, 4) is 11.1 Å². The predicted octanol–water partition coefficient (Wildman–Crippen LogP) is 3.39. The summed E-state index contributed by atoms with van der Waals surface area (Å²) in [5, 5.41) is 4.33. The lowest BCUT2D eigenvalue weighted by atomic mass is 10.1. The molecular weight excluding hydrogens is 281 g/mol. The lowest BCUT2D eigenvalue weighted by Gasteiger charge is -2.11. The van der Waals surface area contributed by atoms with Gasteiger partial charge in [-0.05, 0) is 42.5 Å². The molecule has 5 heteroatoms. The summed E-state index contributed by atoms with van der Waals surface area (Å²) >= 11 is 0. The first-order valence-electron chi connectivity index (χ1n) is 7.31. The first kappa shape index (κ1) is 13.1. The van der Waals surface area contributed by atoms with Gasteiger partial charge >= 0.3 is 0 Å². The second-order valence-corrected chi connectivity index (χ2v) is 5.69. The lowest BCUT2D eigenvalue weighted by Crippen LogP contribution is -2.13. The fourth-order valence-electron chi connectivity index (χ4n) is 2.80. The summed E-state index contributed by atoms with van der Waals surface area (Å²) in [7, 11) is 0. The summed E-state index contributed by atoms with van der Waals surface area (Å²) in [5.41, 5.74) is 3.13. The average molecular weight is 295 g/mol. The van der Waals surface area contributed by atoms with Crippen molar-refractivity contribution in [3.63, 3.8) is 0 Å². The van der Waals surface area contributed by atoms with E-state index in [2.05, 4.69) is 10.1 Å². The molecule has 0 unspecified atom stereocenters. The van der Waals surface area contributed by atoms with E-state index in [0.29, 0.717) is 5.92 Å². The largest absolute Gasteiger partial charge is 0.301 e. The van der Waals surface area contributed by atoms with Crippen LogP contribution in [0.25, 0.3) is 22.2 Å². The van der Waals surface area contributed by atoms with Gasteiger partial charge in [-0.1, -0.05) is 12.1 Å². The number of carbonyl (C=O) groups excluding carboxylic acids is 1. The zero-order valence-corrected chi connectivity index (χ0v) is 11.8. The van der Waals surface area contributed by atoms with Crippen LogP contribution in [0.15, 0.2) is 42.7 Å². The van der Waals surface area contributed by atoms with E-state index >= 15 is 0 Å². The van der Waals surface area contributed by atoms with Gasteiger partial charge in [0, 0.05) is 11.8 Å². The van der Waals surface area contributed by atoms with Crippen LogP contribution in [0.4, 0.5) is 4.39 Å². The SMILES string of the molecule is O=C[C@H](C1CC1)n1ncc2ncc(-c3cccc(F)c3)cc21. The zero-order valence-electron chi connectivity index (χ0n) is 11.8. The van der Waals surface area contributed by atoms with Crippen molar-refractivity contribution in [2.45, 2.75) is 18.9 Å². The van der Waals surface area contributed by atoms with Crippen LogP contribution < -0.4 is 0 Å². The van der Waals surface area contributed by atoms with Crippen LogP contribution in [0.1, 0.15) is 18.9 Å². The van der Waals surface area contributed by atoms with Gasteiger partial charge in [0.2, 0.25) is 0 Å². The smallest absolute Gasteiger partial charge is 0.144 e. The number of aromatic nitrogens is 3. The maximum absolute atomic E-state index is 13.4. The van der Waals surface area contributed by atoms with Crippen LogP contribution in [0.5, 0.6) is 0 Å². The van der Waals surface area contributed by atoms with Crippen molar-refractivity contribution < 1.29 is 9.18 Å². The number of rotatable bonds is 4. The molecule has 3 aromatic rings. The molecule has 0 N–H and O–H groups in total. The molecule has 2 aromatic heterocycles. The molecule has 0 amide bonds. The summed E-state index contributed by atoms with van der Waals surface area (Å²) in [6, 6.07) is 8.08. The molecule has 1 atom stereocenters. The summed E-state index contributed by atoms with van der Waals surface area (Å²) in [6.07, 6.45) is 6.45. The molecular formula is C17H14FN3O. The number of fused-ring (bicyclic) bond motifs is 1. The minimum atomic E-state index is -0.283. The van der Waals surface area contributed by atoms with E-state index < -0.39 is 0 Å². The maximum atomic E-state index is 13.4. The van der Waals surface area contributed by atoms with Gasteiger partial charge in [-0.25, -0.2) is 4.39 Å². The zero-order chi connectivity index (χ0) is 15.1. The van der Waals surface area contributed by atoms with E-state index in [-0.39, 0.29) is 11.9 Å². The number of pyridine rings is 1. The molecule has 1 fully saturated rings. The summed E-state index contributed by atoms with van der Waals surface area (Å²) in [5.74, 6) is 0.0910. The molecule has 110 valence electrons. The maximum Gasteiger partial charge on any atom is 0.144 e. The van der Waals surface area contributed by atoms with Crippen molar-refractivity contribution in [2.24, 2.45) is 5.92 Å². The Morgan fingerprint density at radius 2 is 2.09 bits per heavy atom. The van der Waals surface area contributed by atoms with Crippen LogP contribution in [0.3, 0.4) is 0 Å². The van der Waals surface area contributed by atoms with Crippen molar-refractivity contribution in [1.82, 2.24) is 14.8 Å². The fourth-order valence-corrected chi connectivity index (χ4v) is 2.80. The Balaban J connectivity index is 1.84. The molecule has 0 saturated heterocycles. The first-order chi connectivity index (χ1) is 10.8. The van der Waals surface area contributed by atoms with Gasteiger partial charge in [0.15, 0.2) is 0 Å². The van der Waals surface area contributed by atoms with Crippen LogP contribution in [0, 0.1) is 11.7 Å². The fraction of sp³-hybridized carbons (Fsp3) is 0.235. The first-order valence-corrected chi connectivity index (χ1v) is 7.31. The van der Waals surface area contributed by atoms with E-state index in [4.69, 9.17) is 0 Å². The highest BCUT2D eigenvalue weighted by Gasteiger charge is 2.33. The number of hydrogen-bond acceptors (Lipinski definition) is 3. The number of aldehydes is 1. The minimum Gasteiger partial charge on any atom is -0.301 e. The third kappa shape index (κ3) is 2.19. The quantitative estimate of drug-likeness (QED) is 0.693. The van der Waals surface area contributed by atoms with Crippen molar-refractivity contribution in [1.29, 1.82) is 0 Å². The van der Waals surface area contributed by atoms with Gasteiger partial charge in [-0.2, -0.15) is 5.10 Å². The van der Waals surface area contributed by atoms with Crippen LogP contribution in [-0.2, 0) is 4.79 Å². The molecule has 0 radical (unpaired) electrons. The molecule has 1 aromatic carbocycles. The Kier molecular flexibility index (Phi) is 2.99. The molecule has 1 aliphatic rings. The topological polar surface area (TPSA) is 47.8 Å². The van der Waals surface area contributed by atoms with Gasteiger partial charge in [0.1, 0.15) is 23.7 Å². The van der Waals surface area contributed by atoms with Gasteiger partial charge in [0.25, 0.3) is 0 Å². The van der Waals surface area contributed by atoms with E-state index in [0.717, 1.165) is 41.3 Å². The third-order valence-electron chi connectivity index (χ3n) is 4.13. The normalized spacial score (nSPS) is 15.9. The van der Waals surface area contributed by atoms with Crippen LogP contribution in [0.2, 0.25) is 0 Å². The van der Waals surface area contributed by atoms with Gasteiger partial charge in [-0.3, -0.25) is 9.67 Å². The van der Waals surface area contributed by atoms with Gasteiger partial charge in [-0.15, -0.1) is 0 Å². The average Bonchev–Trinajstić information content (AvgIpc) is 3.28. The second kappa shape index (κ2) is 5.02.